The van der Waals surface area contributed by atoms with Crippen molar-refractivity contribution in [3.8, 4) is 0 Å². The van der Waals surface area contributed by atoms with Crippen LogP contribution in [0.3, 0.4) is 0 Å². The molecular formula is C24H16BrF4NO3. The van der Waals surface area contributed by atoms with Crippen LogP contribution in [0.25, 0.3) is 0 Å². The summed E-state index contributed by atoms with van der Waals surface area (Å²) < 4.78 is 53.8. The topological polar surface area (TPSA) is 57.6 Å². The van der Waals surface area contributed by atoms with Crippen molar-refractivity contribution >= 4 is 27.8 Å². The number of carbonyl (C=O) groups excluding carboxylic acids is 1. The van der Waals surface area contributed by atoms with Gasteiger partial charge in [0.1, 0.15) is 11.7 Å². The van der Waals surface area contributed by atoms with E-state index in [4.69, 9.17) is 0 Å². The SMILES string of the molecule is O=C(O)C1c2ccccc2C(=O)N(Cc2ccc(C(F)(F)F)c(F)c2)C1c1ccc(Br)cc1. The minimum absolute atomic E-state index is 0.111. The zero-order valence-corrected chi connectivity index (χ0v) is 18.4. The van der Waals surface area contributed by atoms with Crippen LogP contribution < -0.4 is 0 Å². The number of aliphatic carboxylic acids is 1. The molecule has 0 bridgehead atoms. The fourth-order valence-electron chi connectivity index (χ4n) is 4.15. The third kappa shape index (κ3) is 4.37. The van der Waals surface area contributed by atoms with Crippen molar-refractivity contribution in [1.29, 1.82) is 0 Å². The van der Waals surface area contributed by atoms with Crippen LogP contribution in [0.4, 0.5) is 17.6 Å². The van der Waals surface area contributed by atoms with Gasteiger partial charge in [-0.2, -0.15) is 13.2 Å². The molecule has 1 heterocycles. The number of benzene rings is 3. The molecule has 1 aliphatic heterocycles. The van der Waals surface area contributed by atoms with E-state index in [9.17, 15) is 32.3 Å². The van der Waals surface area contributed by atoms with Crippen molar-refractivity contribution in [3.63, 3.8) is 0 Å². The molecule has 33 heavy (non-hydrogen) atoms. The Labute approximate surface area is 194 Å². The average molecular weight is 522 g/mol. The second-order valence-corrected chi connectivity index (χ2v) is 8.56. The number of carboxylic acid groups (broad SMARTS) is 1. The first-order chi connectivity index (χ1) is 15.6. The number of carboxylic acids is 1. The molecule has 0 aromatic heterocycles. The molecule has 2 atom stereocenters. The maximum Gasteiger partial charge on any atom is 0.419 e. The van der Waals surface area contributed by atoms with Crippen LogP contribution in [0.1, 0.15) is 44.6 Å². The number of nitrogens with zero attached hydrogens (tertiary/aromatic N) is 1. The summed E-state index contributed by atoms with van der Waals surface area (Å²) in [6.07, 6.45) is -4.85. The van der Waals surface area contributed by atoms with Crippen LogP contribution in [-0.2, 0) is 17.5 Å². The molecule has 9 heteroatoms. The van der Waals surface area contributed by atoms with Crippen LogP contribution in [-0.4, -0.2) is 21.9 Å². The Kier molecular flexibility index (Phi) is 6.00. The second-order valence-electron chi connectivity index (χ2n) is 7.64. The first-order valence-corrected chi connectivity index (χ1v) is 10.6. The highest BCUT2D eigenvalue weighted by Crippen LogP contribution is 2.44. The summed E-state index contributed by atoms with van der Waals surface area (Å²) in [5.41, 5.74) is -0.238. The van der Waals surface area contributed by atoms with Gasteiger partial charge in [-0.05, 0) is 47.0 Å². The summed E-state index contributed by atoms with van der Waals surface area (Å²) in [7, 11) is 0. The molecule has 3 aromatic carbocycles. The van der Waals surface area contributed by atoms with Gasteiger partial charge >= 0.3 is 12.1 Å². The second kappa shape index (κ2) is 8.62. The Hall–Kier alpha value is -3.20. The Morgan fingerprint density at radius 2 is 1.70 bits per heavy atom. The number of alkyl halides is 3. The standard InChI is InChI=1S/C24H16BrF4NO3/c25-15-8-6-14(7-9-15)21-20(23(32)33)16-3-1-2-4-17(16)22(31)30(21)12-13-5-10-18(19(26)11-13)24(27,28)29/h1-11,20-21H,12H2,(H,32,33). The van der Waals surface area contributed by atoms with Crippen molar-refractivity contribution in [2.24, 2.45) is 0 Å². The molecule has 0 saturated carbocycles. The zero-order valence-electron chi connectivity index (χ0n) is 16.8. The molecule has 1 amide bonds. The lowest BCUT2D eigenvalue weighted by molar-refractivity contribution is -0.141. The summed E-state index contributed by atoms with van der Waals surface area (Å²) in [4.78, 5) is 27.0. The van der Waals surface area contributed by atoms with Crippen LogP contribution in [0.15, 0.2) is 71.2 Å². The number of hydrogen-bond donors (Lipinski definition) is 1. The minimum atomic E-state index is -4.85. The van der Waals surface area contributed by atoms with Crippen LogP contribution in [0, 0.1) is 5.82 Å². The third-order valence-electron chi connectivity index (χ3n) is 5.61. The molecule has 0 saturated heterocycles. The summed E-state index contributed by atoms with van der Waals surface area (Å²) in [5, 5.41) is 10.1. The molecular weight excluding hydrogens is 506 g/mol. The van der Waals surface area contributed by atoms with Crippen LogP contribution in [0.5, 0.6) is 0 Å². The van der Waals surface area contributed by atoms with Gasteiger partial charge in [0.25, 0.3) is 5.91 Å². The first-order valence-electron chi connectivity index (χ1n) is 9.81. The highest BCUT2D eigenvalue weighted by molar-refractivity contribution is 9.10. The summed E-state index contributed by atoms with van der Waals surface area (Å²) >= 11 is 3.32. The Balaban J connectivity index is 1.83. The molecule has 1 aliphatic rings. The normalized spacial score (nSPS) is 18.2. The number of amides is 1. The predicted octanol–water partition coefficient (Wildman–Crippen LogP) is 6.17. The van der Waals surface area contributed by atoms with E-state index < -0.39 is 41.4 Å². The predicted molar refractivity (Wildman–Crippen MR) is 115 cm³/mol. The number of carbonyl (C=O) groups is 2. The minimum Gasteiger partial charge on any atom is -0.481 e. The molecule has 1 N–H and O–H groups in total. The highest BCUT2D eigenvalue weighted by Gasteiger charge is 2.44. The zero-order chi connectivity index (χ0) is 23.9. The van der Waals surface area contributed by atoms with Gasteiger partial charge in [0, 0.05) is 16.6 Å². The lowest BCUT2D eigenvalue weighted by Crippen LogP contribution is -2.44. The lowest BCUT2D eigenvalue weighted by atomic mass is 9.79. The monoisotopic (exact) mass is 521 g/mol. The molecule has 4 rings (SSSR count). The number of hydrogen-bond acceptors (Lipinski definition) is 2. The van der Waals surface area contributed by atoms with Gasteiger partial charge in [0.05, 0.1) is 11.6 Å². The van der Waals surface area contributed by atoms with Gasteiger partial charge in [-0.3, -0.25) is 9.59 Å². The first kappa shape index (κ1) is 23.0. The molecule has 2 unspecified atom stereocenters. The largest absolute Gasteiger partial charge is 0.481 e. The average Bonchev–Trinajstić information content (AvgIpc) is 2.75. The Morgan fingerprint density at radius 3 is 2.30 bits per heavy atom. The molecule has 170 valence electrons. The van der Waals surface area contributed by atoms with Crippen molar-refractivity contribution < 1.29 is 32.3 Å². The van der Waals surface area contributed by atoms with Crippen molar-refractivity contribution in [1.82, 2.24) is 4.90 Å². The van der Waals surface area contributed by atoms with Crippen molar-refractivity contribution in [2.75, 3.05) is 0 Å². The molecule has 0 radical (unpaired) electrons. The maximum atomic E-state index is 14.2. The van der Waals surface area contributed by atoms with Crippen molar-refractivity contribution in [2.45, 2.75) is 24.7 Å². The van der Waals surface area contributed by atoms with E-state index in [1.54, 1.807) is 42.5 Å². The van der Waals surface area contributed by atoms with E-state index in [0.717, 1.165) is 16.6 Å². The summed E-state index contributed by atoms with van der Waals surface area (Å²) in [6, 6.07) is 14.6. The highest BCUT2D eigenvalue weighted by atomic mass is 79.9. The van der Waals surface area contributed by atoms with Gasteiger partial charge < -0.3 is 10.0 Å². The lowest BCUT2D eigenvalue weighted by Gasteiger charge is -2.41. The van der Waals surface area contributed by atoms with Gasteiger partial charge in [-0.25, -0.2) is 4.39 Å². The van der Waals surface area contributed by atoms with E-state index >= 15 is 0 Å². The molecule has 0 aliphatic carbocycles. The molecule has 4 nitrogen and oxygen atoms in total. The summed E-state index contributed by atoms with van der Waals surface area (Å²) in [6.45, 7) is -0.271. The van der Waals surface area contributed by atoms with Crippen LogP contribution in [0.2, 0.25) is 0 Å². The fourth-order valence-corrected chi connectivity index (χ4v) is 4.41. The van der Waals surface area contributed by atoms with E-state index in [1.165, 1.54) is 11.0 Å². The van der Waals surface area contributed by atoms with Gasteiger partial charge in [-0.15, -0.1) is 0 Å². The fraction of sp³-hybridized carbons (Fsp3) is 0.167. The van der Waals surface area contributed by atoms with Gasteiger partial charge in [-0.1, -0.05) is 52.3 Å². The Bertz CT molecular complexity index is 1230. The molecule has 3 aromatic rings. The van der Waals surface area contributed by atoms with Gasteiger partial charge in [0.2, 0.25) is 0 Å². The summed E-state index contributed by atoms with van der Waals surface area (Å²) in [5.74, 6) is -4.23. The third-order valence-corrected chi connectivity index (χ3v) is 6.14. The van der Waals surface area contributed by atoms with E-state index in [-0.39, 0.29) is 17.7 Å². The van der Waals surface area contributed by atoms with Gasteiger partial charge in [0.15, 0.2) is 0 Å². The smallest absolute Gasteiger partial charge is 0.419 e. The number of rotatable bonds is 4. The quantitative estimate of drug-likeness (QED) is 0.417. The van der Waals surface area contributed by atoms with E-state index in [2.05, 4.69) is 15.9 Å². The van der Waals surface area contributed by atoms with Crippen molar-refractivity contribution in [3.05, 3.63) is 105 Å². The van der Waals surface area contributed by atoms with E-state index in [1.807, 2.05) is 0 Å². The number of halogens is 5. The van der Waals surface area contributed by atoms with E-state index in [0.29, 0.717) is 17.2 Å². The maximum absolute atomic E-state index is 14.2. The number of fused-ring (bicyclic) bond motifs is 1. The Morgan fingerprint density at radius 1 is 1.03 bits per heavy atom. The molecule has 0 spiro atoms. The molecule has 0 fully saturated rings. The van der Waals surface area contributed by atoms with Crippen LogP contribution >= 0.6 is 15.9 Å².